The van der Waals surface area contributed by atoms with Gasteiger partial charge >= 0.3 is 0 Å². The van der Waals surface area contributed by atoms with Crippen molar-refractivity contribution < 1.29 is 4.79 Å². The van der Waals surface area contributed by atoms with Crippen LogP contribution in [0.1, 0.15) is 25.7 Å². The number of carbonyl (C=O) groups excluding carboxylic acids is 1. The van der Waals surface area contributed by atoms with Gasteiger partial charge in [0.1, 0.15) is 5.82 Å². The van der Waals surface area contributed by atoms with E-state index in [1.807, 2.05) is 16.6 Å². The predicted molar refractivity (Wildman–Crippen MR) is 95.7 cm³/mol. The molecule has 0 bridgehead atoms. The monoisotopic (exact) mass is 340 g/mol. The molecule has 2 aromatic rings. The fourth-order valence-corrected chi connectivity index (χ4v) is 3.57. The fourth-order valence-electron chi connectivity index (χ4n) is 3.57. The molecule has 3 aliphatic rings. The molecule has 25 heavy (non-hydrogen) atoms. The molecular weight excluding hydrogens is 316 g/mol. The summed E-state index contributed by atoms with van der Waals surface area (Å²) in [5.41, 5.74) is 0.781. The summed E-state index contributed by atoms with van der Waals surface area (Å²) < 4.78 is 1.86. The average Bonchev–Trinajstić information content (AvgIpc) is 3.53. The quantitative estimate of drug-likeness (QED) is 0.896. The van der Waals surface area contributed by atoms with Crippen molar-refractivity contribution in [3.05, 3.63) is 18.2 Å². The number of pyridine rings is 1. The molecular formula is C18H24N6O. The summed E-state index contributed by atoms with van der Waals surface area (Å²) in [4.78, 5) is 21.4. The first-order valence-corrected chi connectivity index (χ1v) is 9.40. The highest BCUT2D eigenvalue weighted by atomic mass is 16.2. The Hall–Kier alpha value is -2.15. The molecule has 0 radical (unpaired) electrons. The molecule has 7 nitrogen and oxygen atoms in total. The van der Waals surface area contributed by atoms with Gasteiger partial charge in [-0.3, -0.25) is 15.0 Å². The molecule has 1 saturated heterocycles. The van der Waals surface area contributed by atoms with Crippen LogP contribution in [0.25, 0.3) is 5.65 Å². The van der Waals surface area contributed by atoms with E-state index in [1.165, 1.54) is 19.4 Å². The van der Waals surface area contributed by atoms with Gasteiger partial charge in [0.15, 0.2) is 5.65 Å². The minimum Gasteiger partial charge on any atom is -0.354 e. The van der Waals surface area contributed by atoms with Crippen LogP contribution in [-0.4, -0.2) is 58.1 Å². The van der Waals surface area contributed by atoms with Gasteiger partial charge in [-0.05, 0) is 43.7 Å². The van der Waals surface area contributed by atoms with Crippen molar-refractivity contribution in [2.45, 2.75) is 25.7 Å². The molecule has 132 valence electrons. The minimum atomic E-state index is 0.0474. The lowest BCUT2D eigenvalue weighted by Crippen LogP contribution is -2.47. The number of piperazine rings is 1. The van der Waals surface area contributed by atoms with Gasteiger partial charge in [-0.2, -0.15) is 9.50 Å². The third-order valence-electron chi connectivity index (χ3n) is 5.43. The number of hydrogen-bond donors (Lipinski definition) is 1. The Labute approximate surface area is 147 Å². The van der Waals surface area contributed by atoms with Crippen LogP contribution in [-0.2, 0) is 4.79 Å². The van der Waals surface area contributed by atoms with E-state index in [0.717, 1.165) is 56.4 Å². The Morgan fingerprint density at radius 3 is 2.64 bits per heavy atom. The highest BCUT2D eigenvalue weighted by Gasteiger charge is 2.30. The van der Waals surface area contributed by atoms with Crippen molar-refractivity contribution in [1.82, 2.24) is 19.5 Å². The van der Waals surface area contributed by atoms with E-state index in [-0.39, 0.29) is 11.8 Å². The number of aromatic nitrogens is 3. The van der Waals surface area contributed by atoms with Crippen molar-refractivity contribution in [2.75, 3.05) is 42.9 Å². The molecule has 0 unspecified atom stereocenters. The van der Waals surface area contributed by atoms with Crippen molar-refractivity contribution in [3.8, 4) is 0 Å². The Morgan fingerprint density at radius 2 is 1.92 bits per heavy atom. The third kappa shape index (κ3) is 3.20. The largest absolute Gasteiger partial charge is 0.354 e. The first kappa shape index (κ1) is 15.1. The van der Waals surface area contributed by atoms with Crippen LogP contribution in [0, 0.1) is 11.8 Å². The Morgan fingerprint density at radius 1 is 1.12 bits per heavy atom. The van der Waals surface area contributed by atoms with E-state index in [2.05, 4.69) is 31.3 Å². The Bertz CT molecular complexity index is 786. The molecule has 7 heteroatoms. The maximum absolute atomic E-state index is 12.0. The van der Waals surface area contributed by atoms with Gasteiger partial charge in [0, 0.05) is 38.6 Å². The van der Waals surface area contributed by atoms with Crippen LogP contribution >= 0.6 is 0 Å². The summed E-state index contributed by atoms with van der Waals surface area (Å²) in [5.74, 6) is 2.62. The molecule has 3 fully saturated rings. The van der Waals surface area contributed by atoms with E-state index < -0.39 is 0 Å². The molecule has 0 aromatic carbocycles. The lowest BCUT2D eigenvalue weighted by Gasteiger charge is -2.35. The standard InChI is InChI=1S/C18H24N6O/c25-17(14-6-7-14)20-18-19-15-2-1-3-16(24(15)21-18)23-10-8-22(9-11-23)12-13-4-5-13/h1-3,13-14H,4-12H2,(H,20,21,25). The lowest BCUT2D eigenvalue weighted by atomic mass is 10.2. The number of nitrogens with zero attached hydrogens (tertiary/aromatic N) is 5. The highest BCUT2D eigenvalue weighted by Crippen LogP contribution is 2.31. The molecule has 2 aromatic heterocycles. The van der Waals surface area contributed by atoms with E-state index in [9.17, 15) is 4.79 Å². The number of nitrogens with one attached hydrogen (secondary N) is 1. The van der Waals surface area contributed by atoms with Gasteiger partial charge in [0.2, 0.25) is 11.9 Å². The summed E-state index contributed by atoms with van der Waals surface area (Å²) in [6.45, 7) is 5.49. The Kier molecular flexibility index (Phi) is 3.62. The molecule has 5 rings (SSSR count). The first-order valence-electron chi connectivity index (χ1n) is 9.40. The fraction of sp³-hybridized carbons (Fsp3) is 0.611. The number of anilines is 2. The number of carbonyl (C=O) groups is 1. The zero-order valence-electron chi connectivity index (χ0n) is 14.4. The first-order chi connectivity index (χ1) is 12.3. The molecule has 2 aliphatic carbocycles. The molecule has 0 spiro atoms. The second-order valence-electron chi connectivity index (χ2n) is 7.58. The maximum atomic E-state index is 12.0. The van der Waals surface area contributed by atoms with Crippen molar-refractivity contribution in [2.24, 2.45) is 11.8 Å². The second kappa shape index (κ2) is 5.98. The average molecular weight is 340 g/mol. The van der Waals surface area contributed by atoms with Crippen LogP contribution in [0.15, 0.2) is 18.2 Å². The van der Waals surface area contributed by atoms with E-state index >= 15 is 0 Å². The van der Waals surface area contributed by atoms with Gasteiger partial charge in [-0.15, -0.1) is 5.10 Å². The van der Waals surface area contributed by atoms with E-state index in [1.54, 1.807) is 0 Å². The van der Waals surface area contributed by atoms with Crippen LogP contribution in [0.3, 0.4) is 0 Å². The summed E-state index contributed by atoms with van der Waals surface area (Å²) in [6, 6.07) is 6.04. The minimum absolute atomic E-state index is 0.0474. The number of rotatable bonds is 5. The van der Waals surface area contributed by atoms with Crippen LogP contribution in [0.2, 0.25) is 0 Å². The van der Waals surface area contributed by atoms with Gasteiger partial charge in [-0.1, -0.05) is 6.07 Å². The maximum Gasteiger partial charge on any atom is 0.249 e. The van der Waals surface area contributed by atoms with Gasteiger partial charge in [0.05, 0.1) is 0 Å². The normalized spacial score (nSPS) is 21.7. The van der Waals surface area contributed by atoms with E-state index in [0.29, 0.717) is 5.95 Å². The lowest BCUT2D eigenvalue weighted by molar-refractivity contribution is -0.117. The smallest absolute Gasteiger partial charge is 0.249 e. The zero-order chi connectivity index (χ0) is 16.8. The van der Waals surface area contributed by atoms with Gasteiger partial charge in [-0.25, -0.2) is 0 Å². The van der Waals surface area contributed by atoms with Crippen LogP contribution in [0.5, 0.6) is 0 Å². The molecule has 0 atom stereocenters. The van der Waals surface area contributed by atoms with E-state index in [4.69, 9.17) is 0 Å². The summed E-state index contributed by atoms with van der Waals surface area (Å²) in [7, 11) is 0. The molecule has 2 saturated carbocycles. The van der Waals surface area contributed by atoms with Crippen molar-refractivity contribution in [3.63, 3.8) is 0 Å². The Balaban J connectivity index is 1.32. The number of fused-ring (bicyclic) bond motifs is 1. The summed E-state index contributed by atoms with van der Waals surface area (Å²) >= 11 is 0. The summed E-state index contributed by atoms with van der Waals surface area (Å²) in [6.07, 6.45) is 4.78. The second-order valence-corrected chi connectivity index (χ2v) is 7.58. The van der Waals surface area contributed by atoms with Crippen LogP contribution < -0.4 is 10.2 Å². The summed E-state index contributed by atoms with van der Waals surface area (Å²) in [5, 5.41) is 7.38. The predicted octanol–water partition coefficient (Wildman–Crippen LogP) is 1.61. The molecule has 1 N–H and O–H groups in total. The molecule has 1 amide bonds. The van der Waals surface area contributed by atoms with Crippen molar-refractivity contribution in [1.29, 1.82) is 0 Å². The third-order valence-corrected chi connectivity index (χ3v) is 5.43. The van der Waals surface area contributed by atoms with Crippen molar-refractivity contribution >= 4 is 23.3 Å². The van der Waals surface area contributed by atoms with Gasteiger partial charge < -0.3 is 4.90 Å². The van der Waals surface area contributed by atoms with Gasteiger partial charge in [0.25, 0.3) is 0 Å². The van der Waals surface area contributed by atoms with Crippen LogP contribution in [0.4, 0.5) is 11.8 Å². The highest BCUT2D eigenvalue weighted by molar-refractivity contribution is 5.92. The number of amides is 1. The molecule has 3 heterocycles. The SMILES string of the molecule is O=C(Nc1nc2cccc(N3CCN(CC4CC4)CC3)n2n1)C1CC1. The number of hydrogen-bond acceptors (Lipinski definition) is 5. The zero-order valence-corrected chi connectivity index (χ0v) is 14.4. The topological polar surface area (TPSA) is 65.8 Å². The molecule has 1 aliphatic heterocycles.